The molecule has 0 radical (unpaired) electrons. The van der Waals surface area contributed by atoms with Crippen LogP contribution in [0.15, 0.2) is 30.5 Å². The molecule has 0 saturated heterocycles. The zero-order valence-corrected chi connectivity index (χ0v) is 13.2. The van der Waals surface area contributed by atoms with Crippen LogP contribution in [-0.4, -0.2) is 23.9 Å². The Morgan fingerprint density at radius 3 is 2.73 bits per heavy atom. The monoisotopic (exact) mass is 301 g/mol. The van der Waals surface area contributed by atoms with Crippen LogP contribution in [-0.2, 0) is 9.53 Å². The molecule has 0 aliphatic carbocycles. The largest absolute Gasteiger partial charge is 0.467 e. The van der Waals surface area contributed by atoms with Crippen LogP contribution in [0, 0.1) is 0 Å². The molecule has 22 heavy (non-hydrogen) atoms. The van der Waals surface area contributed by atoms with E-state index in [2.05, 4.69) is 6.92 Å². The van der Waals surface area contributed by atoms with Gasteiger partial charge in [0, 0.05) is 22.7 Å². The second-order valence-corrected chi connectivity index (χ2v) is 5.52. The molecule has 0 bridgehead atoms. The van der Waals surface area contributed by atoms with Gasteiger partial charge in [-0.05, 0) is 12.5 Å². The van der Waals surface area contributed by atoms with Crippen molar-refractivity contribution in [2.75, 3.05) is 7.11 Å². The molecular weight excluding hydrogens is 278 g/mol. The second-order valence-electron chi connectivity index (χ2n) is 5.52. The van der Waals surface area contributed by atoms with E-state index in [-0.39, 0.29) is 12.0 Å². The molecule has 0 amide bonds. The lowest BCUT2D eigenvalue weighted by atomic mass is 10.1. The third kappa shape index (κ3) is 3.38. The first-order chi connectivity index (χ1) is 10.7. The quantitative estimate of drug-likeness (QED) is 0.418. The first-order valence-corrected chi connectivity index (χ1v) is 7.85. The summed E-state index contributed by atoms with van der Waals surface area (Å²) in [5, 5.41) is 0.875. The molecule has 0 fully saturated rings. The molecule has 1 atom stereocenters. The lowest BCUT2D eigenvalue weighted by Gasteiger charge is -2.17. The van der Waals surface area contributed by atoms with Crippen molar-refractivity contribution in [3.05, 3.63) is 36.0 Å². The van der Waals surface area contributed by atoms with Crippen molar-refractivity contribution < 1.29 is 14.3 Å². The van der Waals surface area contributed by atoms with Crippen LogP contribution in [0.5, 0.6) is 0 Å². The molecule has 1 heterocycles. The summed E-state index contributed by atoms with van der Waals surface area (Å²) in [7, 11) is 1.41. The van der Waals surface area contributed by atoms with Crippen LogP contribution in [0.4, 0.5) is 0 Å². The third-order valence-electron chi connectivity index (χ3n) is 4.04. The van der Waals surface area contributed by atoms with Gasteiger partial charge in [0.2, 0.25) is 0 Å². The van der Waals surface area contributed by atoms with E-state index >= 15 is 0 Å². The Kier molecular flexibility index (Phi) is 5.75. The van der Waals surface area contributed by atoms with Gasteiger partial charge in [0.1, 0.15) is 6.04 Å². The van der Waals surface area contributed by atoms with E-state index in [0.29, 0.717) is 5.56 Å². The van der Waals surface area contributed by atoms with Crippen LogP contribution in [0.25, 0.3) is 10.9 Å². The van der Waals surface area contributed by atoms with Crippen LogP contribution in [0.2, 0.25) is 0 Å². The fraction of sp³-hybridized carbons (Fsp3) is 0.444. The molecule has 2 aromatic rings. The number of unbranched alkanes of at least 4 members (excludes halogenated alkanes) is 3. The highest BCUT2D eigenvalue weighted by Gasteiger charge is 2.23. The van der Waals surface area contributed by atoms with E-state index in [1.165, 1.54) is 13.5 Å². The summed E-state index contributed by atoms with van der Waals surface area (Å²) in [4.78, 5) is 23.5. The van der Waals surface area contributed by atoms with Gasteiger partial charge in [0.15, 0.2) is 6.29 Å². The Labute approximate surface area is 131 Å². The number of carbonyl (C=O) groups excluding carboxylic acids is 2. The first-order valence-electron chi connectivity index (χ1n) is 7.85. The Hall–Kier alpha value is -2.10. The molecule has 4 nitrogen and oxygen atoms in total. The maximum atomic E-state index is 12.2. The summed E-state index contributed by atoms with van der Waals surface area (Å²) in [6.07, 6.45) is 7.72. The maximum absolute atomic E-state index is 12.2. The molecule has 1 aromatic heterocycles. The molecular formula is C18H23NO3. The fourth-order valence-electron chi connectivity index (χ4n) is 2.85. The minimum absolute atomic E-state index is 0.255. The van der Waals surface area contributed by atoms with E-state index in [1.807, 2.05) is 28.8 Å². The number of fused-ring (bicyclic) bond motifs is 1. The number of rotatable bonds is 8. The predicted octanol–water partition coefficient (Wildman–Crippen LogP) is 4.14. The Bertz CT molecular complexity index is 645. The van der Waals surface area contributed by atoms with E-state index in [9.17, 15) is 9.59 Å². The van der Waals surface area contributed by atoms with Crippen LogP contribution in [0.1, 0.15) is 55.4 Å². The predicted molar refractivity (Wildman–Crippen MR) is 87.1 cm³/mol. The van der Waals surface area contributed by atoms with Crippen molar-refractivity contribution in [3.8, 4) is 0 Å². The molecule has 1 unspecified atom stereocenters. The smallest absolute Gasteiger partial charge is 0.328 e. The zero-order valence-electron chi connectivity index (χ0n) is 13.2. The molecule has 1 aromatic carbocycles. The van der Waals surface area contributed by atoms with Gasteiger partial charge in [-0.2, -0.15) is 0 Å². The molecule has 0 aliphatic rings. The number of nitrogens with zero attached hydrogens (tertiary/aromatic N) is 1. The molecule has 0 saturated carbocycles. The van der Waals surface area contributed by atoms with Gasteiger partial charge in [-0.15, -0.1) is 0 Å². The summed E-state index contributed by atoms with van der Waals surface area (Å²) in [6, 6.07) is 7.28. The summed E-state index contributed by atoms with van der Waals surface area (Å²) < 4.78 is 6.85. The summed E-state index contributed by atoms with van der Waals surface area (Å²) in [5.74, 6) is -0.255. The molecule has 0 N–H and O–H groups in total. The SMILES string of the molecule is CCCCCCC(C(=O)OC)n1cc(C=O)c2ccccc21. The van der Waals surface area contributed by atoms with Gasteiger partial charge in [-0.25, -0.2) is 4.79 Å². The van der Waals surface area contributed by atoms with Gasteiger partial charge in [-0.3, -0.25) is 4.79 Å². The van der Waals surface area contributed by atoms with Crippen LogP contribution in [0.3, 0.4) is 0 Å². The number of benzene rings is 1. The van der Waals surface area contributed by atoms with Crippen molar-refractivity contribution in [1.29, 1.82) is 0 Å². The van der Waals surface area contributed by atoms with E-state index in [0.717, 1.165) is 42.9 Å². The van der Waals surface area contributed by atoms with Crippen molar-refractivity contribution >= 4 is 23.2 Å². The average molecular weight is 301 g/mol. The van der Waals surface area contributed by atoms with Crippen molar-refractivity contribution in [1.82, 2.24) is 4.57 Å². The average Bonchev–Trinajstić information content (AvgIpc) is 2.93. The minimum atomic E-state index is -0.375. The summed E-state index contributed by atoms with van der Waals surface area (Å²) in [5.41, 5.74) is 1.51. The number of ether oxygens (including phenoxy) is 1. The molecule has 2 rings (SSSR count). The number of hydrogen-bond acceptors (Lipinski definition) is 3. The number of carbonyl (C=O) groups is 2. The van der Waals surface area contributed by atoms with E-state index in [4.69, 9.17) is 4.74 Å². The number of aldehydes is 1. The maximum Gasteiger partial charge on any atom is 0.328 e. The first kappa shape index (κ1) is 16.3. The fourth-order valence-corrected chi connectivity index (χ4v) is 2.85. The lowest BCUT2D eigenvalue weighted by molar-refractivity contribution is -0.144. The van der Waals surface area contributed by atoms with Gasteiger partial charge in [0.25, 0.3) is 0 Å². The minimum Gasteiger partial charge on any atom is -0.467 e. The lowest BCUT2D eigenvalue weighted by Crippen LogP contribution is -2.20. The molecule has 0 spiro atoms. The Morgan fingerprint density at radius 1 is 1.27 bits per heavy atom. The number of aromatic nitrogens is 1. The Morgan fingerprint density at radius 2 is 2.05 bits per heavy atom. The number of hydrogen-bond donors (Lipinski definition) is 0. The number of methoxy groups -OCH3 is 1. The second kappa shape index (κ2) is 7.78. The van der Waals surface area contributed by atoms with Gasteiger partial charge < -0.3 is 9.30 Å². The van der Waals surface area contributed by atoms with Crippen molar-refractivity contribution in [2.24, 2.45) is 0 Å². The van der Waals surface area contributed by atoms with Crippen molar-refractivity contribution in [2.45, 2.75) is 45.1 Å². The highest BCUT2D eigenvalue weighted by Crippen LogP contribution is 2.27. The van der Waals surface area contributed by atoms with Crippen molar-refractivity contribution in [3.63, 3.8) is 0 Å². The van der Waals surface area contributed by atoms with Gasteiger partial charge >= 0.3 is 5.97 Å². The molecule has 118 valence electrons. The molecule has 0 aliphatic heterocycles. The van der Waals surface area contributed by atoms with Gasteiger partial charge in [-0.1, -0.05) is 50.8 Å². The zero-order chi connectivity index (χ0) is 15.9. The van der Waals surface area contributed by atoms with E-state index in [1.54, 1.807) is 6.20 Å². The highest BCUT2D eigenvalue weighted by molar-refractivity contribution is 5.98. The van der Waals surface area contributed by atoms with Crippen LogP contribution >= 0.6 is 0 Å². The van der Waals surface area contributed by atoms with E-state index < -0.39 is 0 Å². The Balaban J connectivity index is 2.34. The standard InChI is InChI=1S/C18H23NO3/c1-3-4-5-6-11-17(18(21)22-2)19-12-14(13-20)15-9-7-8-10-16(15)19/h7-10,12-13,17H,3-6,11H2,1-2H3. The summed E-state index contributed by atoms with van der Waals surface area (Å²) in [6.45, 7) is 2.16. The molecule has 4 heteroatoms. The highest BCUT2D eigenvalue weighted by atomic mass is 16.5. The van der Waals surface area contributed by atoms with Gasteiger partial charge in [0.05, 0.1) is 7.11 Å². The number of para-hydroxylation sites is 1. The topological polar surface area (TPSA) is 48.3 Å². The normalized spacial score (nSPS) is 12.3. The van der Waals surface area contributed by atoms with Crippen LogP contribution < -0.4 is 0 Å². The number of esters is 1. The third-order valence-corrected chi connectivity index (χ3v) is 4.04. The summed E-state index contributed by atoms with van der Waals surface area (Å²) >= 11 is 0.